The Hall–Kier alpha value is -3.49. The number of aromatic nitrogens is 4. The lowest BCUT2D eigenvalue weighted by Gasteiger charge is -2.31. The third-order valence-corrected chi connectivity index (χ3v) is 6.70. The van der Waals surface area contributed by atoms with E-state index in [2.05, 4.69) is 38.7 Å². The van der Waals surface area contributed by atoms with Gasteiger partial charge in [-0.25, -0.2) is 9.97 Å². The maximum Gasteiger partial charge on any atom is 0.140 e. The van der Waals surface area contributed by atoms with Crippen molar-refractivity contribution in [1.82, 2.24) is 24.8 Å². The van der Waals surface area contributed by atoms with Crippen LogP contribution in [0.15, 0.2) is 48.9 Å². The molecule has 4 aromatic heterocycles. The number of aryl methyl sites for hydroxylation is 1. The van der Waals surface area contributed by atoms with Gasteiger partial charge in [0.15, 0.2) is 0 Å². The minimum atomic E-state index is 0.215. The first-order valence-corrected chi connectivity index (χ1v) is 11.5. The number of hydrogen-bond acceptors (Lipinski definition) is 7. The molecule has 4 N–H and O–H groups in total. The second-order valence-electron chi connectivity index (χ2n) is 8.96. The molecule has 0 amide bonds. The molecular formula is C25H28N8. The van der Waals surface area contributed by atoms with Crippen LogP contribution in [0.25, 0.3) is 22.3 Å². The van der Waals surface area contributed by atoms with E-state index < -0.39 is 0 Å². The average Bonchev–Trinajstić information content (AvgIpc) is 3.47. The van der Waals surface area contributed by atoms with E-state index in [0.29, 0.717) is 0 Å². The third-order valence-electron chi connectivity index (χ3n) is 6.70. The van der Waals surface area contributed by atoms with Crippen LogP contribution < -0.4 is 21.3 Å². The van der Waals surface area contributed by atoms with Gasteiger partial charge < -0.3 is 25.8 Å². The molecule has 1 atom stereocenters. The lowest BCUT2D eigenvalue weighted by atomic mass is 10.0. The largest absolute Gasteiger partial charge is 0.355 e. The first-order chi connectivity index (χ1) is 16.2. The molecule has 0 aromatic carbocycles. The van der Waals surface area contributed by atoms with Gasteiger partial charge in [0.1, 0.15) is 17.3 Å². The number of fused-ring (bicyclic) bond motifs is 2. The first-order valence-electron chi connectivity index (χ1n) is 11.5. The Labute approximate surface area is 192 Å². The van der Waals surface area contributed by atoms with E-state index in [-0.39, 0.29) is 6.04 Å². The zero-order valence-electron chi connectivity index (χ0n) is 18.8. The van der Waals surface area contributed by atoms with Gasteiger partial charge in [-0.05, 0) is 48.2 Å². The molecule has 0 saturated carbocycles. The zero-order chi connectivity index (χ0) is 22.4. The molecule has 2 aliphatic rings. The Kier molecular flexibility index (Phi) is 4.96. The van der Waals surface area contributed by atoms with Crippen molar-refractivity contribution in [1.29, 1.82) is 0 Å². The average molecular weight is 441 g/mol. The number of piperidine rings is 1. The van der Waals surface area contributed by atoms with Crippen molar-refractivity contribution in [3.8, 4) is 11.3 Å². The zero-order valence-corrected chi connectivity index (χ0v) is 18.8. The van der Waals surface area contributed by atoms with Gasteiger partial charge in [0.05, 0.1) is 17.6 Å². The van der Waals surface area contributed by atoms with Crippen LogP contribution in [0.2, 0.25) is 0 Å². The summed E-state index contributed by atoms with van der Waals surface area (Å²) in [6.07, 6.45) is 8.03. The highest BCUT2D eigenvalue weighted by Crippen LogP contribution is 2.36. The Balaban J connectivity index is 1.34. The van der Waals surface area contributed by atoms with Crippen molar-refractivity contribution in [3.63, 3.8) is 0 Å². The van der Waals surface area contributed by atoms with Gasteiger partial charge in [-0.3, -0.25) is 4.98 Å². The van der Waals surface area contributed by atoms with Crippen LogP contribution in [0.3, 0.4) is 0 Å². The van der Waals surface area contributed by atoms with Crippen LogP contribution in [0, 0.1) is 0 Å². The summed E-state index contributed by atoms with van der Waals surface area (Å²) < 4.78 is 2.04. The second kappa shape index (κ2) is 8.13. The van der Waals surface area contributed by atoms with E-state index in [0.717, 1.165) is 78.6 Å². The monoisotopic (exact) mass is 440 g/mol. The van der Waals surface area contributed by atoms with Gasteiger partial charge in [-0.15, -0.1) is 0 Å². The number of hydrogen-bond donors (Lipinski definition) is 3. The fraction of sp³-hybridized carbons (Fsp3) is 0.320. The normalized spacial score (nSPS) is 18.0. The maximum atomic E-state index is 6.18. The predicted molar refractivity (Wildman–Crippen MR) is 131 cm³/mol. The quantitative estimate of drug-likeness (QED) is 0.448. The van der Waals surface area contributed by atoms with Gasteiger partial charge in [-0.2, -0.15) is 0 Å². The summed E-state index contributed by atoms with van der Waals surface area (Å²) in [5, 5.41) is 8.15. The molecule has 1 fully saturated rings. The van der Waals surface area contributed by atoms with E-state index in [1.807, 2.05) is 42.3 Å². The smallest absolute Gasteiger partial charge is 0.140 e. The first kappa shape index (κ1) is 20.1. The van der Waals surface area contributed by atoms with Crippen molar-refractivity contribution in [3.05, 3.63) is 60.0 Å². The van der Waals surface area contributed by atoms with Gasteiger partial charge in [0.2, 0.25) is 0 Å². The molecule has 0 radical (unpaired) electrons. The molecule has 8 heteroatoms. The number of nitrogens with two attached hydrogens (primary N) is 1. The van der Waals surface area contributed by atoms with Crippen LogP contribution >= 0.6 is 0 Å². The third kappa shape index (κ3) is 3.61. The van der Waals surface area contributed by atoms with Gasteiger partial charge in [-0.1, -0.05) is 6.07 Å². The van der Waals surface area contributed by atoms with Crippen molar-refractivity contribution >= 4 is 28.4 Å². The minimum Gasteiger partial charge on any atom is -0.355 e. The molecule has 0 aliphatic carbocycles. The number of anilines is 3. The Bertz CT molecular complexity index is 1330. The van der Waals surface area contributed by atoms with Gasteiger partial charge in [0.25, 0.3) is 0 Å². The molecule has 0 spiro atoms. The lowest BCUT2D eigenvalue weighted by Crippen LogP contribution is -2.43. The highest BCUT2D eigenvalue weighted by Gasteiger charge is 2.23. The Morgan fingerprint density at radius 2 is 2.03 bits per heavy atom. The van der Waals surface area contributed by atoms with Crippen molar-refractivity contribution in [2.75, 3.05) is 23.3 Å². The summed E-state index contributed by atoms with van der Waals surface area (Å²) in [4.78, 5) is 16.6. The van der Waals surface area contributed by atoms with Gasteiger partial charge >= 0.3 is 0 Å². The molecule has 168 valence electrons. The van der Waals surface area contributed by atoms with Crippen LogP contribution in [0.1, 0.15) is 24.0 Å². The van der Waals surface area contributed by atoms with Crippen molar-refractivity contribution in [2.45, 2.75) is 32.0 Å². The predicted octanol–water partition coefficient (Wildman–Crippen LogP) is 3.30. The number of rotatable bonds is 4. The molecule has 6 rings (SSSR count). The Morgan fingerprint density at radius 1 is 1.12 bits per heavy atom. The Morgan fingerprint density at radius 3 is 2.94 bits per heavy atom. The highest BCUT2D eigenvalue weighted by atomic mass is 15.2. The van der Waals surface area contributed by atoms with Crippen molar-refractivity contribution in [2.24, 2.45) is 12.8 Å². The van der Waals surface area contributed by atoms with Crippen LogP contribution in [-0.4, -0.2) is 38.7 Å². The molecule has 1 saturated heterocycles. The standard InChI is InChI=1S/C25H28N8/c1-32-11-8-18-17(7-9-28-25(18)32)24-20-13-27-12-19(20)21(14-29-24)30-22-5-2-6-23(31-22)33-10-3-4-16(26)15-33/h2,5-9,11,14,16,27H,3-4,10,12-13,15,26H2,1H3,(H,30,31)/t16-/m1/s1. The minimum absolute atomic E-state index is 0.215. The molecule has 0 bridgehead atoms. The number of nitrogens with zero attached hydrogens (tertiary/aromatic N) is 5. The van der Waals surface area contributed by atoms with E-state index in [9.17, 15) is 0 Å². The molecule has 0 unspecified atom stereocenters. The maximum absolute atomic E-state index is 6.18. The summed E-state index contributed by atoms with van der Waals surface area (Å²) >= 11 is 0. The molecule has 2 aliphatic heterocycles. The number of nitrogens with one attached hydrogen (secondary N) is 2. The topological polar surface area (TPSA) is 96.9 Å². The number of pyridine rings is 3. The van der Waals surface area contributed by atoms with Crippen LogP contribution in [-0.2, 0) is 20.1 Å². The fourth-order valence-corrected chi connectivity index (χ4v) is 5.03. The van der Waals surface area contributed by atoms with Crippen molar-refractivity contribution < 1.29 is 0 Å². The molecular weight excluding hydrogens is 412 g/mol. The molecule has 8 nitrogen and oxygen atoms in total. The highest BCUT2D eigenvalue weighted by molar-refractivity contribution is 5.93. The molecule has 4 aromatic rings. The molecule has 6 heterocycles. The van der Waals surface area contributed by atoms with Crippen LogP contribution in [0.5, 0.6) is 0 Å². The summed E-state index contributed by atoms with van der Waals surface area (Å²) in [5.74, 6) is 1.79. The summed E-state index contributed by atoms with van der Waals surface area (Å²) in [5.41, 5.74) is 12.8. The van der Waals surface area contributed by atoms with Crippen LogP contribution in [0.4, 0.5) is 17.3 Å². The molecule has 33 heavy (non-hydrogen) atoms. The summed E-state index contributed by atoms with van der Waals surface area (Å²) in [7, 11) is 2.02. The van der Waals surface area contributed by atoms with E-state index in [1.54, 1.807) is 0 Å². The van der Waals surface area contributed by atoms with E-state index in [1.165, 1.54) is 11.1 Å². The lowest BCUT2D eigenvalue weighted by molar-refractivity contribution is 0.503. The second-order valence-corrected chi connectivity index (χ2v) is 8.96. The van der Waals surface area contributed by atoms with E-state index in [4.69, 9.17) is 15.7 Å². The summed E-state index contributed by atoms with van der Waals surface area (Å²) in [6.45, 7) is 3.45. The fourth-order valence-electron chi connectivity index (χ4n) is 5.03. The van der Waals surface area contributed by atoms with Gasteiger partial charge in [0, 0.05) is 62.6 Å². The SMILES string of the molecule is Cn1ccc2c(-c3ncc(Nc4cccc(N5CCC[C@@H](N)C5)n4)c4c3CNC4)ccnc21. The van der Waals surface area contributed by atoms with E-state index >= 15 is 0 Å². The summed E-state index contributed by atoms with van der Waals surface area (Å²) in [6, 6.07) is 10.5.